The summed E-state index contributed by atoms with van der Waals surface area (Å²) in [7, 11) is -3.48. The topological polar surface area (TPSA) is 92.7 Å². The van der Waals surface area contributed by atoms with E-state index in [0.29, 0.717) is 16.8 Å². The molecule has 0 amide bonds. The first-order valence-corrected chi connectivity index (χ1v) is 7.65. The van der Waals surface area contributed by atoms with E-state index in [0.717, 1.165) is 0 Å². The number of nitrogens with one attached hydrogen (secondary N) is 1. The van der Waals surface area contributed by atoms with Crippen LogP contribution in [0, 0.1) is 19.3 Å². The average Bonchev–Trinajstić information content (AvgIpc) is 2.41. The van der Waals surface area contributed by atoms with Gasteiger partial charge in [0, 0.05) is 5.56 Å². The highest BCUT2D eigenvalue weighted by Gasteiger charge is 2.28. The number of fused-ring (bicyclic) bond motifs is 1. The number of benzene rings is 1. The number of hydrogen-bond donors (Lipinski definition) is 2. The van der Waals surface area contributed by atoms with Gasteiger partial charge in [-0.15, -0.1) is 6.42 Å². The minimum atomic E-state index is -3.48. The van der Waals surface area contributed by atoms with E-state index in [4.69, 9.17) is 16.4 Å². The fraction of sp³-hybridized carbons (Fsp3) is 0.214. The second-order valence-corrected chi connectivity index (χ2v) is 6.41. The van der Waals surface area contributed by atoms with E-state index in [9.17, 15) is 13.2 Å². The van der Waals surface area contributed by atoms with E-state index in [1.54, 1.807) is 6.92 Å². The third-order valence-corrected chi connectivity index (χ3v) is 4.72. The molecule has 0 bridgehead atoms. The maximum absolute atomic E-state index is 12.1. The fourth-order valence-electron chi connectivity index (χ4n) is 2.15. The summed E-state index contributed by atoms with van der Waals surface area (Å²) in [6, 6.07) is 2.59. The van der Waals surface area contributed by atoms with Crippen molar-refractivity contribution < 1.29 is 23.2 Å². The van der Waals surface area contributed by atoms with Crippen LogP contribution in [-0.4, -0.2) is 31.9 Å². The van der Waals surface area contributed by atoms with E-state index in [1.807, 2.05) is 0 Å². The van der Waals surface area contributed by atoms with Crippen molar-refractivity contribution in [2.45, 2.75) is 11.8 Å². The molecule has 7 heteroatoms. The summed E-state index contributed by atoms with van der Waals surface area (Å²) in [5.41, 5.74) is 3.68. The zero-order valence-corrected chi connectivity index (χ0v) is 12.0. The first-order chi connectivity index (χ1) is 9.88. The maximum Gasteiger partial charge on any atom is 0.335 e. The Bertz CT molecular complexity index is 771. The Hall–Kier alpha value is -2.30. The van der Waals surface area contributed by atoms with Gasteiger partial charge >= 0.3 is 5.97 Å². The van der Waals surface area contributed by atoms with Gasteiger partial charge in [0.1, 0.15) is 6.61 Å². The van der Waals surface area contributed by atoms with E-state index >= 15 is 0 Å². The summed E-state index contributed by atoms with van der Waals surface area (Å²) in [6.45, 7) is 1.55. The molecule has 0 unspecified atom stereocenters. The molecule has 1 aliphatic rings. The first-order valence-electron chi connectivity index (χ1n) is 6.00. The van der Waals surface area contributed by atoms with Crippen molar-refractivity contribution >= 4 is 21.5 Å². The van der Waals surface area contributed by atoms with Gasteiger partial charge in [0.2, 0.25) is 0 Å². The third kappa shape index (κ3) is 2.77. The Morgan fingerprint density at radius 2 is 2.24 bits per heavy atom. The largest absolute Gasteiger partial charge is 0.478 e. The summed E-state index contributed by atoms with van der Waals surface area (Å²) in [5.74, 6) is 0.958. The highest BCUT2D eigenvalue weighted by atomic mass is 32.2. The second-order valence-electron chi connectivity index (χ2n) is 4.41. The lowest BCUT2D eigenvalue weighted by Gasteiger charge is -2.21. The summed E-state index contributed by atoms with van der Waals surface area (Å²) in [5, 5.41) is 9.15. The average molecular weight is 307 g/mol. The van der Waals surface area contributed by atoms with Crippen LogP contribution >= 0.6 is 0 Å². The van der Waals surface area contributed by atoms with Crippen molar-refractivity contribution in [3.63, 3.8) is 0 Å². The maximum atomic E-state index is 12.1. The van der Waals surface area contributed by atoms with E-state index in [-0.39, 0.29) is 22.8 Å². The van der Waals surface area contributed by atoms with Gasteiger partial charge < -0.3 is 5.11 Å². The van der Waals surface area contributed by atoms with Crippen LogP contribution < -0.4 is 5.48 Å². The molecule has 1 aromatic carbocycles. The lowest BCUT2D eigenvalue weighted by atomic mass is 9.99. The van der Waals surface area contributed by atoms with Crippen molar-refractivity contribution in [1.82, 2.24) is 5.48 Å². The van der Waals surface area contributed by atoms with Crippen LogP contribution in [-0.2, 0) is 14.7 Å². The molecule has 0 saturated heterocycles. The number of carboxylic acids is 1. The summed E-state index contributed by atoms with van der Waals surface area (Å²) in [6.07, 6.45) is 6.50. The van der Waals surface area contributed by atoms with Crippen molar-refractivity contribution in [2.75, 3.05) is 12.4 Å². The Balaban J connectivity index is 2.58. The molecule has 0 aliphatic carbocycles. The Kier molecular flexibility index (Phi) is 4.02. The molecule has 0 fully saturated rings. The number of hydrogen-bond acceptors (Lipinski definition) is 5. The van der Waals surface area contributed by atoms with Gasteiger partial charge in [-0.05, 0) is 30.7 Å². The highest BCUT2D eigenvalue weighted by molar-refractivity contribution is 7.91. The molecule has 2 N–H and O–H groups in total. The molecule has 1 aromatic rings. The van der Waals surface area contributed by atoms with Gasteiger partial charge in [-0.2, -0.15) is 0 Å². The molecule has 0 aromatic heterocycles. The number of hydroxylamine groups is 1. The minimum Gasteiger partial charge on any atom is -0.478 e. The second kappa shape index (κ2) is 5.60. The van der Waals surface area contributed by atoms with Crippen LogP contribution in [0.4, 0.5) is 0 Å². The van der Waals surface area contributed by atoms with Crippen LogP contribution in [0.15, 0.2) is 23.1 Å². The van der Waals surface area contributed by atoms with Crippen LogP contribution in [0.1, 0.15) is 21.5 Å². The summed E-state index contributed by atoms with van der Waals surface area (Å²) >= 11 is 0. The number of rotatable bonds is 4. The van der Waals surface area contributed by atoms with E-state index < -0.39 is 15.8 Å². The smallest absolute Gasteiger partial charge is 0.335 e. The Labute approximate surface area is 122 Å². The molecule has 0 saturated carbocycles. The first kappa shape index (κ1) is 15.1. The molecule has 2 rings (SSSR count). The van der Waals surface area contributed by atoms with Gasteiger partial charge in [-0.3, -0.25) is 10.3 Å². The van der Waals surface area contributed by atoms with E-state index in [2.05, 4.69) is 11.4 Å². The van der Waals surface area contributed by atoms with Gasteiger partial charge in [0.05, 0.1) is 21.9 Å². The molecule has 110 valence electrons. The van der Waals surface area contributed by atoms with Crippen molar-refractivity contribution in [3.05, 3.63) is 34.9 Å². The van der Waals surface area contributed by atoms with Crippen LogP contribution in [0.2, 0.25) is 0 Å². The normalized spacial score (nSPS) is 15.5. The molecule has 1 heterocycles. The molecule has 21 heavy (non-hydrogen) atoms. The molecular weight excluding hydrogens is 294 g/mol. The standard InChI is InChI=1S/C14H13NO5S/c1-3-7-20-15-11-6-8-21(18,19)12-5-4-10(14(16)17)9(2)13(11)12/h1,4-6,15H,7-8H2,2H3,(H,16,17). The fourth-order valence-corrected chi connectivity index (χ4v) is 3.56. The predicted octanol–water partition coefficient (Wildman–Crippen LogP) is 0.976. The number of terminal acetylenes is 1. The summed E-state index contributed by atoms with van der Waals surface area (Å²) in [4.78, 5) is 16.3. The van der Waals surface area contributed by atoms with Gasteiger partial charge in [0.15, 0.2) is 9.84 Å². The SMILES string of the molecule is C#CCONC1=CCS(=O)(=O)c2ccc(C(=O)O)c(C)c21. The lowest BCUT2D eigenvalue weighted by molar-refractivity contribution is 0.0695. The summed E-state index contributed by atoms with van der Waals surface area (Å²) < 4.78 is 24.2. The molecular formula is C14H13NO5S. The van der Waals surface area contributed by atoms with Crippen molar-refractivity contribution in [1.29, 1.82) is 0 Å². The van der Waals surface area contributed by atoms with Crippen molar-refractivity contribution in [3.8, 4) is 12.3 Å². The number of carboxylic acid groups (broad SMARTS) is 1. The molecule has 0 atom stereocenters. The minimum absolute atomic E-state index is 0.00288. The Morgan fingerprint density at radius 3 is 2.86 bits per heavy atom. The molecule has 0 spiro atoms. The van der Waals surface area contributed by atoms with Crippen molar-refractivity contribution in [2.24, 2.45) is 0 Å². The van der Waals surface area contributed by atoms with Gasteiger partial charge in [0.25, 0.3) is 0 Å². The van der Waals surface area contributed by atoms with Crippen LogP contribution in [0.25, 0.3) is 5.70 Å². The predicted molar refractivity (Wildman–Crippen MR) is 76.1 cm³/mol. The molecule has 6 nitrogen and oxygen atoms in total. The highest BCUT2D eigenvalue weighted by Crippen LogP contribution is 2.32. The van der Waals surface area contributed by atoms with Crippen LogP contribution in [0.3, 0.4) is 0 Å². The zero-order chi connectivity index (χ0) is 15.6. The molecule has 1 aliphatic heterocycles. The zero-order valence-electron chi connectivity index (χ0n) is 11.2. The van der Waals surface area contributed by atoms with Gasteiger partial charge in [-0.1, -0.05) is 5.92 Å². The number of aromatic carboxylic acids is 1. The molecule has 0 radical (unpaired) electrons. The number of sulfone groups is 1. The lowest BCUT2D eigenvalue weighted by Crippen LogP contribution is -2.23. The monoisotopic (exact) mass is 307 g/mol. The van der Waals surface area contributed by atoms with Crippen LogP contribution in [0.5, 0.6) is 0 Å². The van der Waals surface area contributed by atoms with Gasteiger partial charge in [-0.25, -0.2) is 13.2 Å². The third-order valence-electron chi connectivity index (χ3n) is 3.11. The van der Waals surface area contributed by atoms with E-state index in [1.165, 1.54) is 18.2 Å². The number of carbonyl (C=O) groups is 1. The quantitative estimate of drug-likeness (QED) is 0.489. The Morgan fingerprint density at radius 1 is 1.52 bits per heavy atom.